The van der Waals surface area contributed by atoms with Crippen LogP contribution in [0.5, 0.6) is 0 Å². The minimum atomic E-state index is -0.596. The zero-order valence-corrected chi connectivity index (χ0v) is 14.4. The van der Waals surface area contributed by atoms with E-state index >= 15 is 0 Å². The molecule has 1 aliphatic rings. The smallest absolute Gasteiger partial charge is 0.410 e. The quantitative estimate of drug-likeness (QED) is 0.740. The monoisotopic (exact) mass is 318 g/mol. The maximum absolute atomic E-state index is 12.1. The molecule has 130 valence electrons. The molecule has 2 atom stereocenters. The number of ether oxygens (including phenoxy) is 3. The number of β-amino-alcohol motifs (C(OH)–C–C–N with tert-alkyl or cyclic N) is 1. The average molecular weight is 318 g/mol. The number of hydrogen-bond acceptors (Lipinski definition) is 6. The zero-order valence-electron chi connectivity index (χ0n) is 14.4. The molecule has 1 N–H and O–H groups in total. The topological polar surface area (TPSA) is 71.5 Å². The van der Waals surface area contributed by atoms with Gasteiger partial charge in [0.05, 0.1) is 31.9 Å². The first-order valence-corrected chi connectivity index (χ1v) is 7.66. The lowest BCUT2D eigenvalue weighted by molar-refractivity contribution is 0.0268. The summed E-state index contributed by atoms with van der Waals surface area (Å²) in [6, 6.07) is -0.127. The largest absolute Gasteiger partial charge is 0.444 e. The van der Waals surface area contributed by atoms with Crippen molar-refractivity contribution in [3.8, 4) is 0 Å². The molecular formula is C15H30N2O5. The van der Waals surface area contributed by atoms with Gasteiger partial charge in [-0.25, -0.2) is 4.79 Å². The van der Waals surface area contributed by atoms with Gasteiger partial charge in [-0.15, -0.1) is 0 Å². The Morgan fingerprint density at radius 2 is 1.73 bits per heavy atom. The van der Waals surface area contributed by atoms with Crippen LogP contribution >= 0.6 is 0 Å². The lowest BCUT2D eigenvalue weighted by atomic mass is 10.2. The number of likely N-dealkylation sites (tertiary alicyclic amines) is 1. The zero-order chi connectivity index (χ0) is 16.8. The van der Waals surface area contributed by atoms with Crippen LogP contribution in [-0.2, 0) is 14.2 Å². The second-order valence-electron chi connectivity index (χ2n) is 6.54. The van der Waals surface area contributed by atoms with Crippen molar-refractivity contribution in [2.45, 2.75) is 38.5 Å². The van der Waals surface area contributed by atoms with Crippen LogP contribution in [0.15, 0.2) is 0 Å². The van der Waals surface area contributed by atoms with Gasteiger partial charge >= 0.3 is 6.09 Å². The number of aliphatic hydroxyl groups excluding tert-OH is 1. The molecule has 0 aromatic rings. The van der Waals surface area contributed by atoms with Gasteiger partial charge in [0.25, 0.3) is 0 Å². The molecular weight excluding hydrogens is 288 g/mol. The number of methoxy groups -OCH3 is 2. The summed E-state index contributed by atoms with van der Waals surface area (Å²) in [7, 11) is 3.29. The fourth-order valence-corrected chi connectivity index (χ4v) is 2.46. The normalized spacial score (nSPS) is 22.4. The van der Waals surface area contributed by atoms with Gasteiger partial charge < -0.3 is 24.2 Å². The minimum Gasteiger partial charge on any atom is -0.444 e. The molecule has 0 aromatic heterocycles. The summed E-state index contributed by atoms with van der Waals surface area (Å²) in [5.41, 5.74) is -0.536. The Morgan fingerprint density at radius 1 is 1.18 bits per heavy atom. The van der Waals surface area contributed by atoms with E-state index in [0.29, 0.717) is 32.8 Å². The summed E-state index contributed by atoms with van der Waals surface area (Å²) in [5, 5.41) is 10.3. The minimum absolute atomic E-state index is 0.127. The van der Waals surface area contributed by atoms with Crippen LogP contribution in [-0.4, -0.2) is 92.4 Å². The van der Waals surface area contributed by atoms with E-state index in [2.05, 4.69) is 4.90 Å². The van der Waals surface area contributed by atoms with Crippen LogP contribution in [0.2, 0.25) is 0 Å². The fourth-order valence-electron chi connectivity index (χ4n) is 2.46. The highest BCUT2D eigenvalue weighted by Crippen LogP contribution is 2.19. The van der Waals surface area contributed by atoms with Crippen molar-refractivity contribution in [2.75, 3.05) is 53.6 Å². The maximum Gasteiger partial charge on any atom is 0.410 e. The molecule has 7 heteroatoms. The van der Waals surface area contributed by atoms with E-state index in [1.165, 1.54) is 0 Å². The van der Waals surface area contributed by atoms with E-state index in [4.69, 9.17) is 14.2 Å². The Hall–Kier alpha value is -0.890. The van der Waals surface area contributed by atoms with Crippen molar-refractivity contribution < 1.29 is 24.1 Å². The first-order valence-electron chi connectivity index (χ1n) is 7.66. The second kappa shape index (κ2) is 8.67. The van der Waals surface area contributed by atoms with Gasteiger partial charge in [-0.05, 0) is 20.8 Å². The maximum atomic E-state index is 12.1. The highest BCUT2D eigenvalue weighted by atomic mass is 16.6. The number of aliphatic hydroxyl groups is 1. The third-order valence-electron chi connectivity index (χ3n) is 3.55. The first kappa shape index (κ1) is 19.2. The average Bonchev–Trinajstić information content (AvgIpc) is 2.79. The Labute approximate surface area is 133 Å². The lowest BCUT2D eigenvalue weighted by Gasteiger charge is -2.30. The number of carbonyl (C=O) groups is 1. The number of nitrogens with zero attached hydrogens (tertiary/aromatic N) is 2. The van der Waals surface area contributed by atoms with Crippen LogP contribution in [0.1, 0.15) is 20.8 Å². The van der Waals surface area contributed by atoms with Crippen molar-refractivity contribution in [2.24, 2.45) is 0 Å². The van der Waals surface area contributed by atoms with Crippen LogP contribution in [0.25, 0.3) is 0 Å². The summed E-state index contributed by atoms with van der Waals surface area (Å²) in [6.45, 7) is 8.74. The molecule has 0 aliphatic carbocycles. The predicted octanol–water partition coefficient (Wildman–Crippen LogP) is 0.561. The van der Waals surface area contributed by atoms with E-state index in [1.54, 1.807) is 19.1 Å². The van der Waals surface area contributed by atoms with Gasteiger partial charge in [-0.1, -0.05) is 0 Å². The summed E-state index contributed by atoms with van der Waals surface area (Å²) >= 11 is 0. The standard InChI is InChI=1S/C15H30N2O5/c1-15(2,3)22-14(19)17-10-12(13(18)11-17)16(6-8-20-4)7-9-21-5/h12-13,18H,6-11H2,1-5H3/t12-,13-/m1/s1. The van der Waals surface area contributed by atoms with Crippen molar-refractivity contribution >= 4 is 6.09 Å². The lowest BCUT2D eigenvalue weighted by Crippen LogP contribution is -2.46. The van der Waals surface area contributed by atoms with Crippen LogP contribution in [0.3, 0.4) is 0 Å². The van der Waals surface area contributed by atoms with E-state index in [0.717, 1.165) is 0 Å². The van der Waals surface area contributed by atoms with Crippen molar-refractivity contribution in [3.05, 3.63) is 0 Å². The molecule has 1 heterocycles. The molecule has 0 radical (unpaired) electrons. The van der Waals surface area contributed by atoms with Crippen molar-refractivity contribution in [1.82, 2.24) is 9.80 Å². The third kappa shape index (κ3) is 6.08. The Morgan fingerprint density at radius 3 is 2.18 bits per heavy atom. The summed E-state index contributed by atoms with van der Waals surface area (Å²) in [5.74, 6) is 0. The Kier molecular flexibility index (Phi) is 7.55. The Bertz CT molecular complexity index is 337. The molecule has 1 saturated heterocycles. The SMILES string of the molecule is COCCN(CCOC)[C@@H]1CN(C(=O)OC(C)(C)C)C[C@H]1O. The summed E-state index contributed by atoms with van der Waals surface area (Å²) < 4.78 is 15.6. The molecule has 0 aromatic carbocycles. The van der Waals surface area contributed by atoms with Gasteiger partial charge in [0.1, 0.15) is 5.60 Å². The van der Waals surface area contributed by atoms with E-state index in [-0.39, 0.29) is 18.7 Å². The van der Waals surface area contributed by atoms with Crippen molar-refractivity contribution in [3.63, 3.8) is 0 Å². The predicted molar refractivity (Wildman–Crippen MR) is 82.9 cm³/mol. The van der Waals surface area contributed by atoms with E-state index in [1.807, 2.05) is 20.8 Å². The molecule has 0 bridgehead atoms. The van der Waals surface area contributed by atoms with Crippen LogP contribution in [0.4, 0.5) is 4.79 Å². The first-order chi connectivity index (χ1) is 10.3. The highest BCUT2D eigenvalue weighted by Gasteiger charge is 2.39. The summed E-state index contributed by atoms with van der Waals surface area (Å²) in [4.78, 5) is 15.8. The molecule has 1 fully saturated rings. The van der Waals surface area contributed by atoms with E-state index < -0.39 is 11.7 Å². The van der Waals surface area contributed by atoms with Gasteiger partial charge in [0.15, 0.2) is 0 Å². The molecule has 1 rings (SSSR count). The van der Waals surface area contributed by atoms with E-state index in [9.17, 15) is 9.90 Å². The fraction of sp³-hybridized carbons (Fsp3) is 0.933. The number of carbonyl (C=O) groups excluding carboxylic acids is 1. The second-order valence-corrected chi connectivity index (χ2v) is 6.54. The number of amides is 1. The number of hydrogen-bond donors (Lipinski definition) is 1. The summed E-state index contributed by atoms with van der Waals surface area (Å²) in [6.07, 6.45) is -0.978. The molecule has 7 nitrogen and oxygen atoms in total. The van der Waals surface area contributed by atoms with Crippen LogP contribution < -0.4 is 0 Å². The molecule has 22 heavy (non-hydrogen) atoms. The molecule has 1 aliphatic heterocycles. The molecule has 1 amide bonds. The van der Waals surface area contributed by atoms with Gasteiger partial charge in [0, 0.05) is 33.9 Å². The molecule has 0 spiro atoms. The van der Waals surface area contributed by atoms with Crippen molar-refractivity contribution in [1.29, 1.82) is 0 Å². The van der Waals surface area contributed by atoms with Gasteiger partial charge in [0.2, 0.25) is 0 Å². The third-order valence-corrected chi connectivity index (χ3v) is 3.55. The Balaban J connectivity index is 2.63. The number of rotatable bonds is 7. The highest BCUT2D eigenvalue weighted by molar-refractivity contribution is 5.68. The van der Waals surface area contributed by atoms with Crippen LogP contribution in [0, 0.1) is 0 Å². The van der Waals surface area contributed by atoms with Gasteiger partial charge in [-0.3, -0.25) is 4.90 Å². The molecule has 0 unspecified atom stereocenters. The molecule has 0 saturated carbocycles. The van der Waals surface area contributed by atoms with Gasteiger partial charge in [-0.2, -0.15) is 0 Å².